The van der Waals surface area contributed by atoms with Crippen molar-refractivity contribution >= 4 is 16.8 Å². The number of pyridine rings is 1. The number of carbonyl (C=O) groups excluding carboxylic acids is 1. The van der Waals surface area contributed by atoms with Crippen LogP contribution in [0.5, 0.6) is 11.5 Å². The molecule has 146 valence electrons. The number of fused-ring (bicyclic) bond motifs is 1. The summed E-state index contributed by atoms with van der Waals surface area (Å²) in [4.78, 5) is 30.2. The summed E-state index contributed by atoms with van der Waals surface area (Å²) in [5, 5.41) is 0.885. The van der Waals surface area contributed by atoms with E-state index < -0.39 is 0 Å². The highest BCUT2D eigenvalue weighted by atomic mass is 16.5. The fourth-order valence-electron chi connectivity index (χ4n) is 3.04. The van der Waals surface area contributed by atoms with E-state index in [0.29, 0.717) is 28.1 Å². The number of aromatic amines is 1. The number of ether oxygens (including phenoxy) is 2. The van der Waals surface area contributed by atoms with Crippen LogP contribution in [0.2, 0.25) is 0 Å². The predicted octanol–water partition coefficient (Wildman–Crippen LogP) is 3.60. The molecule has 2 aromatic carbocycles. The molecule has 6 nitrogen and oxygen atoms in total. The van der Waals surface area contributed by atoms with Crippen LogP contribution in [0.4, 0.5) is 0 Å². The molecular weight excluding hydrogens is 356 g/mol. The molecule has 0 unspecified atom stereocenters. The Morgan fingerprint density at radius 2 is 1.64 bits per heavy atom. The lowest BCUT2D eigenvalue weighted by atomic mass is 10.1. The summed E-state index contributed by atoms with van der Waals surface area (Å²) in [5.41, 5.74) is 1.57. The van der Waals surface area contributed by atoms with Gasteiger partial charge >= 0.3 is 0 Å². The first kappa shape index (κ1) is 19.5. The first-order valence-electron chi connectivity index (χ1n) is 9.08. The lowest BCUT2D eigenvalue weighted by molar-refractivity contribution is 0.0689. The molecule has 28 heavy (non-hydrogen) atoms. The van der Waals surface area contributed by atoms with Gasteiger partial charge in [0, 0.05) is 23.2 Å². The second-order valence-electron chi connectivity index (χ2n) is 6.83. The Morgan fingerprint density at radius 3 is 2.25 bits per heavy atom. The molecule has 6 heteroatoms. The Morgan fingerprint density at radius 1 is 1.00 bits per heavy atom. The summed E-state index contributed by atoms with van der Waals surface area (Å²) >= 11 is 0. The SMILES string of the molecule is COc1ccc(C(=O)N(Cc2cc3ccc(OC)cc3[nH]c2=O)C(C)C)cc1. The quantitative estimate of drug-likeness (QED) is 0.709. The third-order valence-electron chi connectivity index (χ3n) is 4.69. The van der Waals surface area contributed by atoms with Crippen molar-refractivity contribution in [1.29, 1.82) is 0 Å². The van der Waals surface area contributed by atoms with Crippen molar-refractivity contribution in [3.8, 4) is 11.5 Å². The maximum atomic E-state index is 13.0. The van der Waals surface area contributed by atoms with E-state index in [9.17, 15) is 9.59 Å². The number of carbonyl (C=O) groups is 1. The first-order valence-corrected chi connectivity index (χ1v) is 9.08. The molecule has 0 bridgehead atoms. The fourth-order valence-corrected chi connectivity index (χ4v) is 3.04. The van der Waals surface area contributed by atoms with E-state index >= 15 is 0 Å². The van der Waals surface area contributed by atoms with Crippen LogP contribution in [0.3, 0.4) is 0 Å². The highest BCUT2D eigenvalue weighted by Crippen LogP contribution is 2.20. The van der Waals surface area contributed by atoms with E-state index in [1.807, 2.05) is 32.0 Å². The molecule has 0 aliphatic rings. The molecule has 0 spiro atoms. The molecule has 0 radical (unpaired) electrons. The van der Waals surface area contributed by atoms with Crippen LogP contribution in [0, 0.1) is 0 Å². The molecule has 0 fully saturated rings. The third-order valence-corrected chi connectivity index (χ3v) is 4.69. The highest BCUT2D eigenvalue weighted by Gasteiger charge is 2.20. The van der Waals surface area contributed by atoms with Gasteiger partial charge in [-0.15, -0.1) is 0 Å². The van der Waals surface area contributed by atoms with E-state index in [1.165, 1.54) is 0 Å². The number of hydrogen-bond acceptors (Lipinski definition) is 4. The third kappa shape index (κ3) is 4.01. The number of hydrogen-bond donors (Lipinski definition) is 1. The molecule has 1 heterocycles. The molecule has 3 aromatic rings. The van der Waals surface area contributed by atoms with Crippen molar-refractivity contribution in [2.45, 2.75) is 26.4 Å². The summed E-state index contributed by atoms with van der Waals surface area (Å²) in [6.07, 6.45) is 0. The van der Waals surface area contributed by atoms with Gasteiger partial charge < -0.3 is 19.4 Å². The van der Waals surface area contributed by atoms with Crippen molar-refractivity contribution < 1.29 is 14.3 Å². The number of rotatable bonds is 6. The van der Waals surface area contributed by atoms with E-state index in [-0.39, 0.29) is 24.1 Å². The number of H-pyrrole nitrogens is 1. The average Bonchev–Trinajstić information content (AvgIpc) is 2.71. The van der Waals surface area contributed by atoms with Crippen molar-refractivity contribution in [3.63, 3.8) is 0 Å². The number of aromatic nitrogens is 1. The Hall–Kier alpha value is -3.28. The summed E-state index contributed by atoms with van der Waals surface area (Å²) in [6, 6.07) is 14.2. The van der Waals surface area contributed by atoms with Gasteiger partial charge in [0.1, 0.15) is 11.5 Å². The molecule has 0 aliphatic heterocycles. The van der Waals surface area contributed by atoms with Gasteiger partial charge in [0.2, 0.25) is 0 Å². The zero-order chi connectivity index (χ0) is 20.3. The molecule has 1 amide bonds. The van der Waals surface area contributed by atoms with Crippen molar-refractivity contribution in [2.24, 2.45) is 0 Å². The number of nitrogens with one attached hydrogen (secondary N) is 1. The maximum Gasteiger partial charge on any atom is 0.254 e. The first-order chi connectivity index (χ1) is 13.4. The van der Waals surface area contributed by atoms with Crippen molar-refractivity contribution in [3.05, 3.63) is 70.0 Å². The molecule has 1 aromatic heterocycles. The van der Waals surface area contributed by atoms with Crippen LogP contribution in [0.1, 0.15) is 29.8 Å². The van der Waals surface area contributed by atoms with Crippen LogP contribution in [0.25, 0.3) is 10.9 Å². The highest BCUT2D eigenvalue weighted by molar-refractivity contribution is 5.94. The van der Waals surface area contributed by atoms with Crippen LogP contribution >= 0.6 is 0 Å². The monoisotopic (exact) mass is 380 g/mol. The number of nitrogens with zero attached hydrogens (tertiary/aromatic N) is 1. The van der Waals surface area contributed by atoms with Gasteiger partial charge in [0.05, 0.1) is 26.3 Å². The normalized spacial score (nSPS) is 10.9. The predicted molar refractivity (Wildman–Crippen MR) is 109 cm³/mol. The zero-order valence-corrected chi connectivity index (χ0v) is 16.5. The molecule has 3 rings (SSSR count). The van der Waals surface area contributed by atoms with Crippen LogP contribution in [-0.4, -0.2) is 36.1 Å². The van der Waals surface area contributed by atoms with Gasteiger partial charge in [-0.3, -0.25) is 9.59 Å². The fraction of sp³-hybridized carbons (Fsp3) is 0.273. The minimum Gasteiger partial charge on any atom is -0.497 e. The Bertz CT molecular complexity index is 1040. The number of methoxy groups -OCH3 is 2. The summed E-state index contributed by atoms with van der Waals surface area (Å²) in [7, 11) is 3.16. The number of amides is 1. The average molecular weight is 380 g/mol. The molecular formula is C22H24N2O4. The molecule has 1 N–H and O–H groups in total. The van der Waals surface area contributed by atoms with Gasteiger partial charge in [-0.25, -0.2) is 0 Å². The second kappa shape index (κ2) is 8.17. The zero-order valence-electron chi connectivity index (χ0n) is 16.5. The van der Waals surface area contributed by atoms with E-state index in [4.69, 9.17) is 9.47 Å². The van der Waals surface area contributed by atoms with E-state index in [1.54, 1.807) is 49.5 Å². The Kier molecular flexibility index (Phi) is 5.68. The van der Waals surface area contributed by atoms with E-state index in [2.05, 4.69) is 4.98 Å². The van der Waals surface area contributed by atoms with Crippen LogP contribution in [0.15, 0.2) is 53.3 Å². The summed E-state index contributed by atoms with van der Waals surface area (Å²) < 4.78 is 10.3. The molecule has 0 saturated heterocycles. The largest absolute Gasteiger partial charge is 0.497 e. The lowest BCUT2D eigenvalue weighted by Crippen LogP contribution is -2.38. The second-order valence-corrected chi connectivity index (χ2v) is 6.83. The van der Waals surface area contributed by atoms with E-state index in [0.717, 1.165) is 5.39 Å². The van der Waals surface area contributed by atoms with Crippen LogP contribution in [-0.2, 0) is 6.54 Å². The van der Waals surface area contributed by atoms with Gasteiger partial charge in [0.25, 0.3) is 11.5 Å². The van der Waals surface area contributed by atoms with Crippen LogP contribution < -0.4 is 15.0 Å². The van der Waals surface area contributed by atoms with Crippen molar-refractivity contribution in [1.82, 2.24) is 9.88 Å². The Balaban J connectivity index is 1.92. The summed E-state index contributed by atoms with van der Waals surface area (Å²) in [5.74, 6) is 1.23. The molecule has 0 saturated carbocycles. The summed E-state index contributed by atoms with van der Waals surface area (Å²) in [6.45, 7) is 4.09. The van der Waals surface area contributed by atoms with Crippen molar-refractivity contribution in [2.75, 3.05) is 14.2 Å². The lowest BCUT2D eigenvalue weighted by Gasteiger charge is -2.27. The minimum atomic E-state index is -0.214. The molecule has 0 aliphatic carbocycles. The topological polar surface area (TPSA) is 71.6 Å². The number of benzene rings is 2. The van der Waals surface area contributed by atoms with Gasteiger partial charge in [-0.05, 0) is 61.7 Å². The Labute approximate surface area is 163 Å². The molecule has 0 atom stereocenters. The maximum absolute atomic E-state index is 13.0. The standard InChI is InChI=1S/C22H24N2O4/c1-14(2)24(22(26)15-5-8-18(27-3)9-6-15)13-17-11-16-7-10-19(28-4)12-20(16)23-21(17)25/h5-12,14H,13H2,1-4H3,(H,23,25). The smallest absolute Gasteiger partial charge is 0.254 e. The van der Waals surface area contributed by atoms with Gasteiger partial charge in [-0.1, -0.05) is 0 Å². The van der Waals surface area contributed by atoms with Gasteiger partial charge in [0.15, 0.2) is 0 Å². The minimum absolute atomic E-state index is 0.0689. The van der Waals surface area contributed by atoms with Gasteiger partial charge in [-0.2, -0.15) is 0 Å².